The minimum atomic E-state index is -0.495. The number of hydrogen-bond donors (Lipinski definition) is 1. The molecular formula is C23H33FN4O3. The monoisotopic (exact) mass is 432 g/mol. The highest BCUT2D eigenvalue weighted by Crippen LogP contribution is 2.34. The molecule has 31 heavy (non-hydrogen) atoms. The Morgan fingerprint density at radius 1 is 1.26 bits per heavy atom. The maximum absolute atomic E-state index is 13.5. The first-order valence-corrected chi connectivity index (χ1v) is 11.1. The highest BCUT2D eigenvalue weighted by Gasteiger charge is 2.39. The fourth-order valence-electron chi connectivity index (χ4n) is 4.60. The minimum Gasteiger partial charge on any atom is -0.444 e. The second-order valence-corrected chi connectivity index (χ2v) is 9.69. The number of amides is 1. The summed E-state index contributed by atoms with van der Waals surface area (Å²) in [7, 11) is 0. The summed E-state index contributed by atoms with van der Waals surface area (Å²) in [4.78, 5) is 21.2. The van der Waals surface area contributed by atoms with Crippen LogP contribution in [0, 0.1) is 5.82 Å². The van der Waals surface area contributed by atoms with Gasteiger partial charge in [0.2, 0.25) is 0 Å². The van der Waals surface area contributed by atoms with Crippen molar-refractivity contribution in [3.8, 4) is 0 Å². The number of benzene rings is 1. The van der Waals surface area contributed by atoms with Crippen LogP contribution in [-0.4, -0.2) is 79.4 Å². The van der Waals surface area contributed by atoms with Gasteiger partial charge in [-0.1, -0.05) is 12.1 Å². The first kappa shape index (κ1) is 21.9. The van der Waals surface area contributed by atoms with Crippen molar-refractivity contribution in [3.63, 3.8) is 0 Å². The van der Waals surface area contributed by atoms with Crippen LogP contribution < -0.4 is 5.32 Å². The van der Waals surface area contributed by atoms with Crippen molar-refractivity contribution in [1.29, 1.82) is 0 Å². The molecule has 1 unspecified atom stereocenters. The third-order valence-corrected chi connectivity index (χ3v) is 6.35. The Morgan fingerprint density at radius 3 is 2.65 bits per heavy atom. The zero-order chi connectivity index (χ0) is 22.1. The summed E-state index contributed by atoms with van der Waals surface area (Å²) in [6.07, 6.45) is 1.51. The van der Waals surface area contributed by atoms with Crippen LogP contribution in [0.4, 0.5) is 9.18 Å². The molecule has 7 nitrogen and oxygen atoms in total. The molecule has 0 bridgehead atoms. The number of nitrogens with one attached hydrogen (secondary N) is 1. The molecule has 0 aliphatic carbocycles. The molecule has 0 saturated carbocycles. The van der Waals surface area contributed by atoms with Crippen LogP contribution in [0.2, 0.25) is 0 Å². The van der Waals surface area contributed by atoms with Crippen LogP contribution in [0.5, 0.6) is 0 Å². The summed E-state index contributed by atoms with van der Waals surface area (Å²) in [5, 5.41) is 3.58. The van der Waals surface area contributed by atoms with Gasteiger partial charge in [-0.25, -0.2) is 9.18 Å². The molecule has 0 spiro atoms. The number of nitrogens with zero attached hydrogens (tertiary/aromatic N) is 3. The third kappa shape index (κ3) is 4.95. The van der Waals surface area contributed by atoms with E-state index in [9.17, 15) is 9.18 Å². The number of guanidine groups is 1. The van der Waals surface area contributed by atoms with Crippen LogP contribution in [0.15, 0.2) is 29.3 Å². The third-order valence-electron chi connectivity index (χ3n) is 6.35. The van der Waals surface area contributed by atoms with Crippen LogP contribution >= 0.6 is 0 Å². The molecule has 1 aromatic carbocycles. The lowest BCUT2D eigenvalue weighted by molar-refractivity contribution is 0.0136. The van der Waals surface area contributed by atoms with Crippen molar-refractivity contribution in [2.45, 2.75) is 50.7 Å². The van der Waals surface area contributed by atoms with E-state index < -0.39 is 5.60 Å². The summed E-state index contributed by atoms with van der Waals surface area (Å²) in [5.41, 5.74) is 0.533. The summed E-state index contributed by atoms with van der Waals surface area (Å²) in [5.74, 6) is 0.673. The van der Waals surface area contributed by atoms with Gasteiger partial charge >= 0.3 is 6.09 Å². The molecule has 1 N–H and O–H groups in total. The van der Waals surface area contributed by atoms with Gasteiger partial charge < -0.3 is 24.6 Å². The van der Waals surface area contributed by atoms with E-state index >= 15 is 0 Å². The molecule has 3 heterocycles. The summed E-state index contributed by atoms with van der Waals surface area (Å²) in [6, 6.07) is 7.01. The molecule has 8 heteroatoms. The van der Waals surface area contributed by atoms with Gasteiger partial charge in [-0.2, -0.15) is 0 Å². The van der Waals surface area contributed by atoms with Gasteiger partial charge in [-0.3, -0.25) is 4.99 Å². The highest BCUT2D eigenvalue weighted by molar-refractivity contribution is 5.82. The molecule has 1 amide bonds. The smallest absolute Gasteiger partial charge is 0.410 e. The van der Waals surface area contributed by atoms with E-state index in [0.717, 1.165) is 37.5 Å². The predicted molar refractivity (Wildman–Crippen MR) is 117 cm³/mol. The van der Waals surface area contributed by atoms with Gasteiger partial charge in [0.15, 0.2) is 5.96 Å². The van der Waals surface area contributed by atoms with Crippen molar-refractivity contribution in [1.82, 2.24) is 15.1 Å². The number of piperazine rings is 1. The summed E-state index contributed by atoms with van der Waals surface area (Å²) in [6.45, 7) is 10.4. The first-order chi connectivity index (χ1) is 14.8. The van der Waals surface area contributed by atoms with E-state index in [1.165, 1.54) is 12.1 Å². The molecule has 2 fully saturated rings. The number of carbonyl (C=O) groups excluding carboxylic acids is 1. The SMILES string of the molecule is CC(C)(C)OC(=O)N1CCN2C(NCC3(c4ccc(F)cc4)CCOCC3)=NCC2C1. The average Bonchev–Trinajstić information content (AvgIpc) is 3.14. The maximum atomic E-state index is 13.5. The normalized spacial score (nSPS) is 23.2. The van der Waals surface area contributed by atoms with E-state index in [0.29, 0.717) is 32.8 Å². The van der Waals surface area contributed by atoms with E-state index in [4.69, 9.17) is 14.5 Å². The lowest BCUT2D eigenvalue weighted by atomic mass is 9.74. The fourth-order valence-corrected chi connectivity index (χ4v) is 4.60. The second-order valence-electron chi connectivity index (χ2n) is 9.69. The predicted octanol–water partition coefficient (Wildman–Crippen LogP) is 2.75. The Labute approximate surface area is 183 Å². The zero-order valence-corrected chi connectivity index (χ0v) is 18.7. The molecule has 0 aromatic heterocycles. The maximum Gasteiger partial charge on any atom is 0.410 e. The first-order valence-electron chi connectivity index (χ1n) is 11.1. The van der Waals surface area contributed by atoms with Crippen LogP contribution in [0.1, 0.15) is 39.2 Å². The van der Waals surface area contributed by atoms with Crippen LogP contribution in [-0.2, 0) is 14.9 Å². The molecule has 4 rings (SSSR count). The molecule has 3 aliphatic heterocycles. The number of rotatable bonds is 3. The van der Waals surface area contributed by atoms with Crippen molar-refractivity contribution < 1.29 is 18.7 Å². The van der Waals surface area contributed by atoms with Crippen LogP contribution in [0.25, 0.3) is 0 Å². The number of aliphatic imine (C=N–C) groups is 1. The largest absolute Gasteiger partial charge is 0.444 e. The Hall–Kier alpha value is -2.35. The number of halogens is 1. The highest BCUT2D eigenvalue weighted by atomic mass is 19.1. The average molecular weight is 433 g/mol. The minimum absolute atomic E-state index is 0.106. The molecule has 0 radical (unpaired) electrons. The fraction of sp³-hybridized carbons (Fsp3) is 0.652. The molecule has 2 saturated heterocycles. The zero-order valence-electron chi connectivity index (χ0n) is 18.7. The Morgan fingerprint density at radius 2 is 1.97 bits per heavy atom. The van der Waals surface area contributed by atoms with Crippen molar-refractivity contribution >= 4 is 12.1 Å². The molecular weight excluding hydrogens is 399 g/mol. The second kappa shape index (κ2) is 8.65. The van der Waals surface area contributed by atoms with Gasteiger partial charge in [-0.05, 0) is 51.3 Å². The van der Waals surface area contributed by atoms with Gasteiger partial charge in [0.05, 0.1) is 12.6 Å². The number of carbonyl (C=O) groups is 1. The quantitative estimate of drug-likeness (QED) is 0.796. The van der Waals surface area contributed by atoms with E-state index in [2.05, 4.69) is 10.2 Å². The molecule has 1 atom stereocenters. The lowest BCUT2D eigenvalue weighted by Crippen LogP contribution is -2.58. The van der Waals surface area contributed by atoms with Crippen molar-refractivity contribution in [2.24, 2.45) is 4.99 Å². The van der Waals surface area contributed by atoms with E-state index in [1.54, 1.807) is 4.90 Å². The van der Waals surface area contributed by atoms with Gasteiger partial charge in [-0.15, -0.1) is 0 Å². The van der Waals surface area contributed by atoms with Crippen LogP contribution in [0.3, 0.4) is 0 Å². The van der Waals surface area contributed by atoms with Gasteiger partial charge in [0, 0.05) is 44.8 Å². The van der Waals surface area contributed by atoms with Gasteiger partial charge in [0.1, 0.15) is 11.4 Å². The standard InChI is InChI=1S/C23H33FN4O3/c1-22(2,3)31-21(29)27-10-11-28-19(15-27)14-25-20(28)26-16-23(8-12-30-13-9-23)17-4-6-18(24)7-5-17/h4-7,19H,8-16H2,1-3H3,(H,25,26). The van der Waals surface area contributed by atoms with Gasteiger partial charge in [0.25, 0.3) is 0 Å². The summed E-state index contributed by atoms with van der Waals surface area (Å²) < 4.78 is 24.6. The Balaban J connectivity index is 1.38. The van der Waals surface area contributed by atoms with E-state index in [1.807, 2.05) is 32.9 Å². The summed E-state index contributed by atoms with van der Waals surface area (Å²) >= 11 is 0. The topological polar surface area (TPSA) is 66.4 Å². The molecule has 3 aliphatic rings. The number of ether oxygens (including phenoxy) is 2. The molecule has 170 valence electrons. The van der Waals surface area contributed by atoms with E-state index in [-0.39, 0.29) is 23.4 Å². The molecule has 1 aromatic rings. The van der Waals surface area contributed by atoms with Crippen molar-refractivity contribution in [3.05, 3.63) is 35.6 Å². The number of hydrogen-bond acceptors (Lipinski definition) is 6. The lowest BCUT2D eigenvalue weighted by Gasteiger charge is -2.41. The number of fused-ring (bicyclic) bond motifs is 1. The van der Waals surface area contributed by atoms with Crippen molar-refractivity contribution in [2.75, 3.05) is 45.9 Å². The Kier molecular flexibility index (Phi) is 6.10. The Bertz CT molecular complexity index is 815.